The third-order valence-corrected chi connectivity index (χ3v) is 1.77. The summed E-state index contributed by atoms with van der Waals surface area (Å²) >= 11 is 0. The molecule has 4 nitrogen and oxygen atoms in total. The number of carbonyl (C=O) groups is 1. The second-order valence-electron chi connectivity index (χ2n) is 4.17. The Kier molecular flexibility index (Phi) is 3.81. The lowest BCUT2D eigenvalue weighted by Crippen LogP contribution is -2.56. The Balaban J connectivity index is 4.82. The standard InChI is InChI=1S/C8H15F2NO3/c1-7(2,3)5(11-6(13)14)8(9,10)4-12/h5,11-12H,4H2,1-3H3,(H,13,14). The minimum atomic E-state index is -3.46. The highest BCUT2D eigenvalue weighted by atomic mass is 19.3. The van der Waals surface area contributed by atoms with Gasteiger partial charge in [-0.2, -0.15) is 0 Å². The van der Waals surface area contributed by atoms with Crippen LogP contribution >= 0.6 is 0 Å². The first kappa shape index (κ1) is 13.1. The van der Waals surface area contributed by atoms with E-state index >= 15 is 0 Å². The fourth-order valence-corrected chi connectivity index (χ4v) is 1.17. The SMILES string of the molecule is CC(C)(C)C(NC(=O)O)C(F)(F)CO. The minimum Gasteiger partial charge on any atom is -0.465 e. The smallest absolute Gasteiger partial charge is 0.405 e. The largest absolute Gasteiger partial charge is 0.465 e. The summed E-state index contributed by atoms with van der Waals surface area (Å²) < 4.78 is 26.2. The molecule has 6 heteroatoms. The maximum Gasteiger partial charge on any atom is 0.405 e. The van der Waals surface area contributed by atoms with Crippen molar-refractivity contribution in [3.05, 3.63) is 0 Å². The molecule has 1 amide bonds. The van der Waals surface area contributed by atoms with Gasteiger partial charge in [0, 0.05) is 0 Å². The van der Waals surface area contributed by atoms with Crippen LogP contribution < -0.4 is 5.32 Å². The highest BCUT2D eigenvalue weighted by Gasteiger charge is 2.46. The quantitative estimate of drug-likeness (QED) is 0.659. The molecule has 0 bridgehead atoms. The van der Waals surface area contributed by atoms with Crippen LogP contribution in [0.4, 0.5) is 13.6 Å². The Labute approximate surface area is 80.9 Å². The Morgan fingerprint density at radius 3 is 2.07 bits per heavy atom. The van der Waals surface area contributed by atoms with Crippen molar-refractivity contribution in [1.82, 2.24) is 5.32 Å². The normalized spacial score (nSPS) is 15.0. The van der Waals surface area contributed by atoms with E-state index < -0.39 is 30.1 Å². The minimum absolute atomic E-state index is 0.968. The van der Waals surface area contributed by atoms with Crippen molar-refractivity contribution in [2.75, 3.05) is 6.61 Å². The Morgan fingerprint density at radius 2 is 1.86 bits per heavy atom. The molecule has 0 aromatic carbocycles. The van der Waals surface area contributed by atoms with E-state index in [1.807, 2.05) is 0 Å². The molecule has 0 radical (unpaired) electrons. The number of hydrogen-bond donors (Lipinski definition) is 3. The first-order valence-corrected chi connectivity index (χ1v) is 4.09. The van der Waals surface area contributed by atoms with Gasteiger partial charge in [0.2, 0.25) is 0 Å². The molecule has 0 aliphatic heterocycles. The monoisotopic (exact) mass is 211 g/mol. The van der Waals surface area contributed by atoms with Gasteiger partial charge in [0.15, 0.2) is 0 Å². The van der Waals surface area contributed by atoms with Crippen molar-refractivity contribution in [2.24, 2.45) is 5.41 Å². The summed E-state index contributed by atoms with van der Waals surface area (Å²) in [4.78, 5) is 10.3. The molecule has 0 saturated carbocycles. The number of aliphatic hydroxyl groups is 1. The van der Waals surface area contributed by atoms with Gasteiger partial charge in [0.05, 0.1) is 0 Å². The fraction of sp³-hybridized carbons (Fsp3) is 0.875. The summed E-state index contributed by atoms with van der Waals surface area (Å²) in [5.74, 6) is -3.46. The van der Waals surface area contributed by atoms with Crippen LogP contribution in [0.1, 0.15) is 20.8 Å². The van der Waals surface area contributed by atoms with Crippen LogP contribution in [0.3, 0.4) is 0 Å². The van der Waals surface area contributed by atoms with Gasteiger partial charge in [-0.05, 0) is 5.41 Å². The van der Waals surface area contributed by atoms with Crippen LogP contribution in [0, 0.1) is 5.41 Å². The Bertz CT molecular complexity index is 213. The number of halogens is 2. The fourth-order valence-electron chi connectivity index (χ4n) is 1.17. The molecule has 3 N–H and O–H groups in total. The van der Waals surface area contributed by atoms with Crippen LogP contribution in [0.25, 0.3) is 0 Å². The van der Waals surface area contributed by atoms with Gasteiger partial charge >= 0.3 is 6.09 Å². The van der Waals surface area contributed by atoms with E-state index in [4.69, 9.17) is 10.2 Å². The lowest BCUT2D eigenvalue weighted by atomic mass is 9.83. The summed E-state index contributed by atoms with van der Waals surface area (Å²) in [5.41, 5.74) is -0.968. The van der Waals surface area contributed by atoms with Gasteiger partial charge in [-0.1, -0.05) is 20.8 Å². The summed E-state index contributed by atoms with van der Waals surface area (Å²) in [7, 11) is 0. The lowest BCUT2D eigenvalue weighted by Gasteiger charge is -2.35. The van der Waals surface area contributed by atoms with Crippen molar-refractivity contribution in [2.45, 2.75) is 32.7 Å². The molecule has 0 fully saturated rings. The van der Waals surface area contributed by atoms with Crippen LogP contribution in [-0.4, -0.2) is 34.9 Å². The van der Waals surface area contributed by atoms with Gasteiger partial charge in [0.25, 0.3) is 5.92 Å². The van der Waals surface area contributed by atoms with Gasteiger partial charge in [-0.3, -0.25) is 0 Å². The molecule has 0 aliphatic carbocycles. The third kappa shape index (κ3) is 3.45. The number of amides is 1. The second-order valence-corrected chi connectivity index (χ2v) is 4.17. The zero-order valence-corrected chi connectivity index (χ0v) is 8.34. The van der Waals surface area contributed by atoms with Crippen LogP contribution in [0.5, 0.6) is 0 Å². The zero-order chi connectivity index (χ0) is 11.6. The van der Waals surface area contributed by atoms with E-state index in [2.05, 4.69) is 0 Å². The summed E-state index contributed by atoms with van der Waals surface area (Å²) in [6.45, 7) is 3.03. The van der Waals surface area contributed by atoms with E-state index in [9.17, 15) is 13.6 Å². The highest BCUT2D eigenvalue weighted by molar-refractivity contribution is 5.65. The Hall–Kier alpha value is -0.910. The molecule has 0 spiro atoms. The van der Waals surface area contributed by atoms with Crippen molar-refractivity contribution >= 4 is 6.09 Å². The van der Waals surface area contributed by atoms with Gasteiger partial charge in [0.1, 0.15) is 12.6 Å². The molecule has 0 aromatic rings. The van der Waals surface area contributed by atoms with E-state index in [0.29, 0.717) is 0 Å². The number of rotatable bonds is 3. The Morgan fingerprint density at radius 1 is 1.43 bits per heavy atom. The summed E-state index contributed by atoms with van der Waals surface area (Å²) in [5, 5.41) is 18.6. The molecule has 14 heavy (non-hydrogen) atoms. The molecule has 1 unspecified atom stereocenters. The average Bonchev–Trinajstić information content (AvgIpc) is 1.98. The lowest BCUT2D eigenvalue weighted by molar-refractivity contribution is -0.103. The molecule has 0 aliphatic rings. The van der Waals surface area contributed by atoms with Gasteiger partial charge in [-0.25, -0.2) is 13.6 Å². The van der Waals surface area contributed by atoms with Crippen molar-refractivity contribution in [3.63, 3.8) is 0 Å². The molecule has 0 aromatic heterocycles. The topological polar surface area (TPSA) is 69.6 Å². The molecular weight excluding hydrogens is 196 g/mol. The number of carboxylic acid groups (broad SMARTS) is 1. The average molecular weight is 211 g/mol. The first-order valence-electron chi connectivity index (χ1n) is 4.09. The predicted molar refractivity (Wildman–Crippen MR) is 46.4 cm³/mol. The highest BCUT2D eigenvalue weighted by Crippen LogP contribution is 2.31. The molecule has 84 valence electrons. The molecule has 0 rings (SSSR count). The zero-order valence-electron chi connectivity index (χ0n) is 8.34. The summed E-state index contributed by atoms with van der Waals surface area (Å²) in [6.07, 6.45) is -1.53. The van der Waals surface area contributed by atoms with Crippen LogP contribution in [-0.2, 0) is 0 Å². The molecule has 0 saturated heterocycles. The molecule has 0 heterocycles. The van der Waals surface area contributed by atoms with Gasteiger partial charge in [-0.15, -0.1) is 0 Å². The summed E-state index contributed by atoms with van der Waals surface area (Å²) in [6, 6.07) is -1.61. The molecule has 1 atom stereocenters. The van der Waals surface area contributed by atoms with E-state index in [1.165, 1.54) is 20.8 Å². The third-order valence-electron chi connectivity index (χ3n) is 1.77. The second kappa shape index (κ2) is 4.08. The van der Waals surface area contributed by atoms with Gasteiger partial charge < -0.3 is 15.5 Å². The van der Waals surface area contributed by atoms with E-state index in [-0.39, 0.29) is 0 Å². The number of nitrogens with one attached hydrogen (secondary N) is 1. The maximum atomic E-state index is 13.1. The number of alkyl halides is 2. The number of aliphatic hydroxyl groups excluding tert-OH is 1. The maximum absolute atomic E-state index is 13.1. The predicted octanol–water partition coefficient (Wildman–Crippen LogP) is 1.30. The first-order chi connectivity index (χ1) is 6.11. The van der Waals surface area contributed by atoms with Crippen molar-refractivity contribution < 1.29 is 23.8 Å². The molecular formula is C8H15F2NO3. The van der Waals surface area contributed by atoms with Crippen molar-refractivity contribution in [1.29, 1.82) is 0 Å². The number of hydrogen-bond acceptors (Lipinski definition) is 2. The van der Waals surface area contributed by atoms with Crippen LogP contribution in [0.2, 0.25) is 0 Å². The van der Waals surface area contributed by atoms with E-state index in [1.54, 1.807) is 5.32 Å². The van der Waals surface area contributed by atoms with Crippen molar-refractivity contribution in [3.8, 4) is 0 Å². The van der Waals surface area contributed by atoms with E-state index in [0.717, 1.165) is 0 Å². The van der Waals surface area contributed by atoms with Crippen LogP contribution in [0.15, 0.2) is 0 Å².